The number of rotatable bonds is 3. The number of halogens is 3. The van der Waals surface area contributed by atoms with Crippen molar-refractivity contribution in [2.45, 2.75) is 44.9 Å². The highest BCUT2D eigenvalue weighted by molar-refractivity contribution is 5.02. The smallest absolute Gasteiger partial charge is 0.334 e. The van der Waals surface area contributed by atoms with Crippen LogP contribution in [0.25, 0.3) is 0 Å². The summed E-state index contributed by atoms with van der Waals surface area (Å²) in [5, 5.41) is 3.14. The van der Waals surface area contributed by atoms with Gasteiger partial charge in [-0.3, -0.25) is 0 Å². The summed E-state index contributed by atoms with van der Waals surface area (Å²) in [7, 11) is 0. The summed E-state index contributed by atoms with van der Waals surface area (Å²) in [6, 6.07) is -0.285. The molecule has 0 spiro atoms. The molecule has 0 aromatic carbocycles. The molecule has 0 amide bonds. The quantitative estimate of drug-likeness (QED) is 0.906. The fourth-order valence-corrected chi connectivity index (χ4v) is 2.47. The van der Waals surface area contributed by atoms with Crippen LogP contribution in [0, 0.1) is 5.92 Å². The molecule has 3 nitrogen and oxygen atoms in total. The van der Waals surface area contributed by atoms with Crippen molar-refractivity contribution in [3.63, 3.8) is 0 Å². The molecular weight excluding hydrogens is 243 g/mol. The average molecular weight is 261 g/mol. The van der Waals surface area contributed by atoms with E-state index >= 15 is 0 Å². The van der Waals surface area contributed by atoms with Gasteiger partial charge in [-0.05, 0) is 25.8 Å². The fraction of sp³-hybridized carbons (Fsp3) is 0.750. The predicted molar refractivity (Wildman–Crippen MR) is 62.0 cm³/mol. The second-order valence-electron chi connectivity index (χ2n) is 4.75. The average Bonchev–Trinajstić information content (AvgIpc) is 2.77. The van der Waals surface area contributed by atoms with Crippen LogP contribution in [-0.4, -0.2) is 22.3 Å². The maximum atomic E-state index is 12.7. The van der Waals surface area contributed by atoms with Crippen LogP contribution in [0.15, 0.2) is 12.4 Å². The third-order valence-corrected chi connectivity index (χ3v) is 3.39. The standard InChI is InChI=1S/C12H18F3N3/c1-2-6-18-7-5-17-11(18)10-8-9(3-4-16-10)12(13,14)15/h5,7,9-10,16H,2-4,6,8H2,1H3. The van der Waals surface area contributed by atoms with E-state index in [2.05, 4.69) is 10.3 Å². The van der Waals surface area contributed by atoms with Gasteiger partial charge in [-0.1, -0.05) is 6.92 Å². The molecule has 18 heavy (non-hydrogen) atoms. The van der Waals surface area contributed by atoms with Crippen molar-refractivity contribution in [3.05, 3.63) is 18.2 Å². The molecule has 0 aliphatic carbocycles. The molecule has 102 valence electrons. The van der Waals surface area contributed by atoms with Gasteiger partial charge in [0.15, 0.2) is 0 Å². The van der Waals surface area contributed by atoms with Crippen molar-refractivity contribution >= 4 is 0 Å². The van der Waals surface area contributed by atoms with E-state index in [1.165, 1.54) is 0 Å². The Bertz CT molecular complexity index is 386. The molecule has 1 aliphatic rings. The summed E-state index contributed by atoms with van der Waals surface area (Å²) in [5.74, 6) is -0.485. The number of hydrogen-bond donors (Lipinski definition) is 1. The van der Waals surface area contributed by atoms with Crippen molar-refractivity contribution in [2.75, 3.05) is 6.54 Å². The lowest BCUT2D eigenvalue weighted by molar-refractivity contribution is -0.183. The van der Waals surface area contributed by atoms with E-state index in [1.54, 1.807) is 6.20 Å². The Morgan fingerprint density at radius 2 is 2.28 bits per heavy atom. The number of hydrogen-bond acceptors (Lipinski definition) is 2. The van der Waals surface area contributed by atoms with Gasteiger partial charge in [-0.2, -0.15) is 13.2 Å². The second kappa shape index (κ2) is 5.30. The first-order chi connectivity index (χ1) is 8.52. The van der Waals surface area contributed by atoms with Crippen LogP contribution in [0.1, 0.15) is 38.1 Å². The number of nitrogens with one attached hydrogen (secondary N) is 1. The normalized spacial score (nSPS) is 25.3. The lowest BCUT2D eigenvalue weighted by Gasteiger charge is -2.31. The SMILES string of the molecule is CCCn1ccnc1C1CC(C(F)(F)F)CCN1. The molecule has 1 aromatic rings. The molecule has 2 unspecified atom stereocenters. The number of aryl methyl sites for hydroxylation is 1. The minimum absolute atomic E-state index is 0.0875. The van der Waals surface area contributed by atoms with Gasteiger partial charge in [0.25, 0.3) is 0 Å². The Hall–Kier alpha value is -1.04. The zero-order chi connectivity index (χ0) is 13.2. The maximum absolute atomic E-state index is 12.7. The third kappa shape index (κ3) is 2.85. The van der Waals surface area contributed by atoms with Crippen LogP contribution in [-0.2, 0) is 6.54 Å². The molecule has 1 aliphatic heterocycles. The highest BCUT2D eigenvalue weighted by atomic mass is 19.4. The van der Waals surface area contributed by atoms with E-state index in [9.17, 15) is 13.2 Å². The molecule has 1 saturated heterocycles. The van der Waals surface area contributed by atoms with Crippen LogP contribution < -0.4 is 5.32 Å². The summed E-state index contributed by atoms with van der Waals surface area (Å²) in [4.78, 5) is 4.21. The Labute approximate surface area is 104 Å². The first-order valence-corrected chi connectivity index (χ1v) is 6.33. The number of aromatic nitrogens is 2. The summed E-state index contributed by atoms with van der Waals surface area (Å²) in [6.45, 7) is 3.23. The molecule has 2 atom stereocenters. The maximum Gasteiger partial charge on any atom is 0.391 e. The molecule has 2 rings (SSSR count). The summed E-state index contributed by atoms with van der Waals surface area (Å²) in [6.07, 6.45) is 0.585. The number of nitrogens with zero attached hydrogens (tertiary/aromatic N) is 2. The highest BCUT2D eigenvalue weighted by Gasteiger charge is 2.43. The second-order valence-corrected chi connectivity index (χ2v) is 4.75. The molecule has 0 radical (unpaired) electrons. The molecule has 2 heterocycles. The molecule has 1 N–H and O–H groups in total. The number of piperidine rings is 1. The minimum atomic E-state index is -4.09. The van der Waals surface area contributed by atoms with Gasteiger partial charge < -0.3 is 9.88 Å². The molecule has 0 saturated carbocycles. The van der Waals surface area contributed by atoms with E-state index in [1.807, 2.05) is 17.7 Å². The molecule has 1 fully saturated rings. The van der Waals surface area contributed by atoms with Crippen LogP contribution in [0.3, 0.4) is 0 Å². The van der Waals surface area contributed by atoms with Crippen LogP contribution >= 0.6 is 0 Å². The molecule has 0 bridgehead atoms. The van der Waals surface area contributed by atoms with Crippen LogP contribution in [0.2, 0.25) is 0 Å². The zero-order valence-corrected chi connectivity index (χ0v) is 10.4. The van der Waals surface area contributed by atoms with Crippen molar-refractivity contribution < 1.29 is 13.2 Å². The van der Waals surface area contributed by atoms with E-state index in [-0.39, 0.29) is 18.9 Å². The predicted octanol–water partition coefficient (Wildman–Crippen LogP) is 2.90. The summed E-state index contributed by atoms with van der Waals surface area (Å²) in [5.41, 5.74) is 0. The molecule has 1 aromatic heterocycles. The van der Waals surface area contributed by atoms with Gasteiger partial charge in [0.2, 0.25) is 0 Å². The Balaban J connectivity index is 2.11. The minimum Gasteiger partial charge on any atom is -0.334 e. The summed E-state index contributed by atoms with van der Waals surface area (Å²) < 4.78 is 40.2. The highest BCUT2D eigenvalue weighted by Crippen LogP contribution is 2.37. The van der Waals surface area contributed by atoms with Gasteiger partial charge in [0, 0.05) is 18.9 Å². The number of alkyl halides is 3. The van der Waals surface area contributed by atoms with Crippen LogP contribution in [0.5, 0.6) is 0 Å². The lowest BCUT2D eigenvalue weighted by atomic mass is 9.91. The Morgan fingerprint density at radius 3 is 2.94 bits per heavy atom. The van der Waals surface area contributed by atoms with E-state index in [0.29, 0.717) is 6.54 Å². The van der Waals surface area contributed by atoms with Gasteiger partial charge >= 0.3 is 6.18 Å². The molecule has 6 heteroatoms. The molecular formula is C12H18F3N3. The fourth-order valence-electron chi connectivity index (χ4n) is 2.47. The lowest BCUT2D eigenvalue weighted by Crippen LogP contribution is -2.39. The van der Waals surface area contributed by atoms with Crippen molar-refractivity contribution in [2.24, 2.45) is 5.92 Å². The van der Waals surface area contributed by atoms with Crippen LogP contribution in [0.4, 0.5) is 13.2 Å². The van der Waals surface area contributed by atoms with E-state index < -0.39 is 12.1 Å². The topological polar surface area (TPSA) is 29.9 Å². The summed E-state index contributed by atoms with van der Waals surface area (Å²) >= 11 is 0. The first-order valence-electron chi connectivity index (χ1n) is 6.33. The number of imidazole rings is 1. The van der Waals surface area contributed by atoms with Gasteiger partial charge in [0.05, 0.1) is 12.0 Å². The third-order valence-electron chi connectivity index (χ3n) is 3.39. The van der Waals surface area contributed by atoms with Crippen molar-refractivity contribution in [3.8, 4) is 0 Å². The van der Waals surface area contributed by atoms with E-state index in [4.69, 9.17) is 0 Å². The first kappa shape index (κ1) is 13.4. The monoisotopic (exact) mass is 261 g/mol. The van der Waals surface area contributed by atoms with Gasteiger partial charge in [-0.25, -0.2) is 4.98 Å². The Morgan fingerprint density at radius 1 is 1.50 bits per heavy atom. The largest absolute Gasteiger partial charge is 0.391 e. The van der Waals surface area contributed by atoms with Crippen molar-refractivity contribution in [1.29, 1.82) is 0 Å². The van der Waals surface area contributed by atoms with E-state index in [0.717, 1.165) is 18.8 Å². The van der Waals surface area contributed by atoms with Crippen molar-refractivity contribution in [1.82, 2.24) is 14.9 Å². The van der Waals surface area contributed by atoms with Gasteiger partial charge in [-0.15, -0.1) is 0 Å². The Kier molecular flexibility index (Phi) is 3.94. The zero-order valence-electron chi connectivity index (χ0n) is 10.4. The van der Waals surface area contributed by atoms with Gasteiger partial charge in [0.1, 0.15) is 5.82 Å².